The molecule has 2 atom stereocenters. The van der Waals surface area contributed by atoms with Gasteiger partial charge in [-0.25, -0.2) is 0 Å². The topological polar surface area (TPSA) is 49.5 Å². The van der Waals surface area contributed by atoms with E-state index in [1.165, 1.54) is 5.56 Å². The number of nitrogens with zero attached hydrogens (tertiary/aromatic N) is 1. The van der Waals surface area contributed by atoms with E-state index in [1.54, 1.807) is 0 Å². The van der Waals surface area contributed by atoms with E-state index in [2.05, 4.69) is 17.0 Å². The van der Waals surface area contributed by atoms with Crippen molar-refractivity contribution in [2.45, 2.75) is 25.1 Å². The first kappa shape index (κ1) is 13.5. The monoisotopic (exact) mass is 242 g/mol. The number of piperidine rings is 1. The van der Waals surface area contributed by atoms with Crippen molar-refractivity contribution in [1.29, 1.82) is 0 Å². The molecule has 0 bridgehead atoms. The summed E-state index contributed by atoms with van der Waals surface area (Å²) in [5, 5.41) is 9.61. The highest BCUT2D eigenvalue weighted by molar-refractivity contribution is 5.85. The van der Waals surface area contributed by atoms with Gasteiger partial charge in [-0.3, -0.25) is 4.90 Å². The van der Waals surface area contributed by atoms with Crippen molar-refractivity contribution in [3.8, 4) is 0 Å². The summed E-state index contributed by atoms with van der Waals surface area (Å²) >= 11 is 0. The van der Waals surface area contributed by atoms with E-state index in [0.717, 1.165) is 26.1 Å². The Morgan fingerprint density at radius 2 is 1.94 bits per heavy atom. The Kier molecular flexibility index (Phi) is 5.22. The van der Waals surface area contributed by atoms with Crippen LogP contribution in [0, 0.1) is 0 Å². The predicted molar refractivity (Wildman–Crippen MR) is 67.6 cm³/mol. The fourth-order valence-electron chi connectivity index (χ4n) is 2.17. The van der Waals surface area contributed by atoms with E-state index in [4.69, 9.17) is 5.73 Å². The normalized spacial score (nSPS) is 26.1. The highest BCUT2D eigenvalue weighted by atomic mass is 35.5. The molecule has 0 saturated carbocycles. The van der Waals surface area contributed by atoms with E-state index in [1.807, 2.05) is 18.2 Å². The first-order valence-electron chi connectivity index (χ1n) is 5.44. The average molecular weight is 243 g/mol. The third kappa shape index (κ3) is 3.76. The van der Waals surface area contributed by atoms with Gasteiger partial charge in [0.15, 0.2) is 0 Å². The van der Waals surface area contributed by atoms with Crippen LogP contribution >= 0.6 is 12.4 Å². The SMILES string of the molecule is Cl.N[C@H]1C[C@H](O)CN(Cc2ccccc2)C1. The largest absolute Gasteiger partial charge is 0.392 e. The van der Waals surface area contributed by atoms with Gasteiger partial charge in [0.25, 0.3) is 0 Å². The fraction of sp³-hybridized carbons (Fsp3) is 0.500. The minimum Gasteiger partial charge on any atom is -0.392 e. The third-order valence-corrected chi connectivity index (χ3v) is 2.79. The molecule has 2 rings (SSSR count). The molecule has 1 heterocycles. The Bertz CT molecular complexity index is 297. The lowest BCUT2D eigenvalue weighted by Crippen LogP contribution is -2.48. The zero-order valence-electron chi connectivity index (χ0n) is 9.25. The quantitative estimate of drug-likeness (QED) is 0.814. The Morgan fingerprint density at radius 1 is 1.25 bits per heavy atom. The lowest BCUT2D eigenvalue weighted by Gasteiger charge is -2.33. The van der Waals surface area contributed by atoms with Gasteiger partial charge in [0.05, 0.1) is 6.10 Å². The van der Waals surface area contributed by atoms with Crippen molar-refractivity contribution in [2.24, 2.45) is 5.73 Å². The smallest absolute Gasteiger partial charge is 0.0682 e. The zero-order valence-corrected chi connectivity index (χ0v) is 10.1. The lowest BCUT2D eigenvalue weighted by molar-refractivity contribution is 0.0565. The van der Waals surface area contributed by atoms with Crippen LogP contribution in [0.2, 0.25) is 0 Å². The Morgan fingerprint density at radius 3 is 2.56 bits per heavy atom. The second-order valence-corrected chi connectivity index (χ2v) is 4.33. The summed E-state index contributed by atoms with van der Waals surface area (Å²) in [7, 11) is 0. The minimum absolute atomic E-state index is 0. The van der Waals surface area contributed by atoms with Gasteiger partial charge in [-0.15, -0.1) is 12.4 Å². The maximum atomic E-state index is 9.61. The number of aliphatic hydroxyl groups excluding tert-OH is 1. The van der Waals surface area contributed by atoms with Crippen LogP contribution in [0.3, 0.4) is 0 Å². The van der Waals surface area contributed by atoms with E-state index in [0.29, 0.717) is 0 Å². The predicted octanol–water partition coefficient (Wildman–Crippen LogP) is 1.00. The summed E-state index contributed by atoms with van der Waals surface area (Å²) in [5.41, 5.74) is 7.14. The van der Waals surface area contributed by atoms with Crippen molar-refractivity contribution in [3.63, 3.8) is 0 Å². The number of nitrogens with two attached hydrogens (primary N) is 1. The van der Waals surface area contributed by atoms with Crippen LogP contribution in [0.4, 0.5) is 0 Å². The molecule has 90 valence electrons. The molecule has 3 nitrogen and oxygen atoms in total. The van der Waals surface area contributed by atoms with Gasteiger partial charge in [-0.1, -0.05) is 30.3 Å². The minimum atomic E-state index is -0.266. The maximum absolute atomic E-state index is 9.61. The Balaban J connectivity index is 0.00000128. The van der Waals surface area contributed by atoms with Gasteiger partial charge >= 0.3 is 0 Å². The second kappa shape index (κ2) is 6.21. The van der Waals surface area contributed by atoms with Gasteiger partial charge in [0.1, 0.15) is 0 Å². The highest BCUT2D eigenvalue weighted by Gasteiger charge is 2.22. The molecule has 16 heavy (non-hydrogen) atoms. The molecule has 3 N–H and O–H groups in total. The van der Waals surface area contributed by atoms with Gasteiger partial charge in [0, 0.05) is 25.7 Å². The van der Waals surface area contributed by atoms with Crippen LogP contribution < -0.4 is 5.73 Å². The standard InChI is InChI=1S/C12H18N2O.ClH/c13-11-6-12(15)9-14(8-11)7-10-4-2-1-3-5-10;/h1-5,11-12,15H,6-9,13H2;1H/t11-,12-;/m0./s1. The first-order valence-corrected chi connectivity index (χ1v) is 5.44. The summed E-state index contributed by atoms with van der Waals surface area (Å²) in [6.07, 6.45) is 0.461. The molecule has 4 heteroatoms. The molecule has 0 radical (unpaired) electrons. The summed E-state index contributed by atoms with van der Waals surface area (Å²) < 4.78 is 0. The van der Waals surface area contributed by atoms with Crippen molar-refractivity contribution in [1.82, 2.24) is 4.90 Å². The second-order valence-electron chi connectivity index (χ2n) is 4.33. The van der Waals surface area contributed by atoms with E-state index >= 15 is 0 Å². The molecule has 1 aromatic carbocycles. The Labute approximate surface area is 103 Å². The molecule has 0 unspecified atom stereocenters. The molecule has 1 fully saturated rings. The molecule has 1 aromatic rings. The highest BCUT2D eigenvalue weighted by Crippen LogP contribution is 2.12. The van der Waals surface area contributed by atoms with E-state index in [9.17, 15) is 5.11 Å². The van der Waals surface area contributed by atoms with Crippen LogP contribution in [-0.2, 0) is 6.54 Å². The van der Waals surface area contributed by atoms with Crippen molar-refractivity contribution in [2.75, 3.05) is 13.1 Å². The summed E-state index contributed by atoms with van der Waals surface area (Å²) in [6.45, 7) is 2.50. The van der Waals surface area contributed by atoms with Gasteiger partial charge in [-0.2, -0.15) is 0 Å². The van der Waals surface area contributed by atoms with Crippen molar-refractivity contribution >= 4 is 12.4 Å². The molecule has 1 aliphatic rings. The number of hydrogen-bond acceptors (Lipinski definition) is 3. The number of halogens is 1. The molecule has 1 aliphatic heterocycles. The van der Waals surface area contributed by atoms with Gasteiger partial charge in [0.2, 0.25) is 0 Å². The van der Waals surface area contributed by atoms with Crippen LogP contribution in [0.25, 0.3) is 0 Å². The van der Waals surface area contributed by atoms with Gasteiger partial charge < -0.3 is 10.8 Å². The zero-order chi connectivity index (χ0) is 10.7. The van der Waals surface area contributed by atoms with Crippen LogP contribution in [0.1, 0.15) is 12.0 Å². The van der Waals surface area contributed by atoms with Crippen LogP contribution in [0.5, 0.6) is 0 Å². The van der Waals surface area contributed by atoms with Gasteiger partial charge in [-0.05, 0) is 12.0 Å². The molecular formula is C12H19ClN2O. The van der Waals surface area contributed by atoms with Crippen LogP contribution in [-0.4, -0.2) is 35.2 Å². The number of hydrogen-bond donors (Lipinski definition) is 2. The van der Waals surface area contributed by atoms with Crippen LogP contribution in [0.15, 0.2) is 30.3 Å². The van der Waals surface area contributed by atoms with Crippen molar-refractivity contribution < 1.29 is 5.11 Å². The maximum Gasteiger partial charge on any atom is 0.0682 e. The lowest BCUT2D eigenvalue weighted by atomic mass is 10.0. The molecule has 0 aromatic heterocycles. The Hall–Kier alpha value is -0.610. The molecular weight excluding hydrogens is 224 g/mol. The molecule has 0 amide bonds. The molecule has 1 saturated heterocycles. The van der Waals surface area contributed by atoms with E-state index < -0.39 is 0 Å². The van der Waals surface area contributed by atoms with Crippen molar-refractivity contribution in [3.05, 3.63) is 35.9 Å². The fourth-order valence-corrected chi connectivity index (χ4v) is 2.17. The summed E-state index contributed by atoms with van der Waals surface area (Å²) in [4.78, 5) is 2.22. The summed E-state index contributed by atoms with van der Waals surface area (Å²) in [5.74, 6) is 0. The molecule has 0 aliphatic carbocycles. The average Bonchev–Trinajstić information content (AvgIpc) is 2.17. The number of rotatable bonds is 2. The number of benzene rings is 1. The summed E-state index contributed by atoms with van der Waals surface area (Å²) in [6, 6.07) is 10.4. The third-order valence-electron chi connectivity index (χ3n) is 2.79. The molecule has 0 spiro atoms. The first-order chi connectivity index (χ1) is 7.24. The van der Waals surface area contributed by atoms with E-state index in [-0.39, 0.29) is 24.6 Å². The number of β-amino-alcohol motifs (C(OH)–C–C–N with tert-alkyl or cyclic N) is 1. The number of likely N-dealkylation sites (tertiary alicyclic amines) is 1. The number of aliphatic hydroxyl groups is 1.